The van der Waals surface area contributed by atoms with Gasteiger partial charge in [0.05, 0.1) is 0 Å². The number of fused-ring (bicyclic) bond motifs is 1. The minimum absolute atomic E-state index is 0. The number of rotatable bonds is 2. The van der Waals surface area contributed by atoms with Crippen LogP contribution in [0.3, 0.4) is 0 Å². The molecule has 4 atom stereocenters. The summed E-state index contributed by atoms with van der Waals surface area (Å²) in [5, 5.41) is 6.53. The molecule has 0 radical (unpaired) electrons. The van der Waals surface area contributed by atoms with Gasteiger partial charge in [-0.05, 0) is 23.7 Å². The van der Waals surface area contributed by atoms with Gasteiger partial charge in [0.1, 0.15) is 0 Å². The van der Waals surface area contributed by atoms with E-state index in [1.54, 1.807) is 0 Å². The molecule has 3 fully saturated rings. The summed E-state index contributed by atoms with van der Waals surface area (Å²) in [4.78, 5) is 11.8. The lowest BCUT2D eigenvalue weighted by atomic mass is 10.1. The lowest BCUT2D eigenvalue weighted by Gasteiger charge is -2.08. The van der Waals surface area contributed by atoms with Gasteiger partial charge >= 0.3 is 0 Å². The summed E-state index contributed by atoms with van der Waals surface area (Å²) in [5.74, 6) is 2.06. The molecule has 1 amide bonds. The molecule has 2 N–H and O–H groups in total. The largest absolute Gasteiger partial charge is 0.352 e. The Morgan fingerprint density at radius 3 is 2.33 bits per heavy atom. The van der Waals surface area contributed by atoms with Gasteiger partial charge in [0.15, 0.2) is 0 Å². The Morgan fingerprint density at radius 2 is 1.87 bits per heavy atom. The molecule has 1 heterocycles. The molecule has 0 aromatic heterocycles. The Labute approximate surface area is 96.8 Å². The third-order valence-corrected chi connectivity index (χ3v) is 4.23. The number of carbonyl (C=O) groups is 1. The highest BCUT2D eigenvalue weighted by molar-refractivity contribution is 5.85. The van der Waals surface area contributed by atoms with Gasteiger partial charge in [0.2, 0.25) is 5.91 Å². The first kappa shape index (κ1) is 11.2. The predicted molar refractivity (Wildman–Crippen MR) is 60.9 cm³/mol. The second-order valence-corrected chi connectivity index (χ2v) is 5.77. The molecule has 0 aromatic carbocycles. The van der Waals surface area contributed by atoms with Crippen molar-refractivity contribution in [2.45, 2.75) is 26.3 Å². The molecule has 4 heteroatoms. The van der Waals surface area contributed by atoms with Crippen molar-refractivity contribution in [1.29, 1.82) is 0 Å². The smallest absolute Gasteiger partial charge is 0.223 e. The van der Waals surface area contributed by atoms with E-state index in [0.717, 1.165) is 31.3 Å². The van der Waals surface area contributed by atoms with Gasteiger partial charge in [-0.1, -0.05) is 13.8 Å². The van der Waals surface area contributed by atoms with Crippen LogP contribution in [0.25, 0.3) is 0 Å². The summed E-state index contributed by atoms with van der Waals surface area (Å²) in [6.45, 7) is 6.55. The van der Waals surface area contributed by atoms with Crippen LogP contribution < -0.4 is 10.6 Å². The molecule has 3 aliphatic rings. The van der Waals surface area contributed by atoms with Crippen molar-refractivity contribution in [1.82, 2.24) is 10.6 Å². The highest BCUT2D eigenvalue weighted by Crippen LogP contribution is 2.52. The number of nitrogens with one attached hydrogen (secondary N) is 2. The Morgan fingerprint density at radius 1 is 1.33 bits per heavy atom. The second-order valence-electron chi connectivity index (χ2n) is 5.77. The molecule has 3 rings (SSSR count). The van der Waals surface area contributed by atoms with Crippen LogP contribution in [0.15, 0.2) is 0 Å². The first-order valence-electron chi connectivity index (χ1n) is 5.61. The average molecular weight is 231 g/mol. The van der Waals surface area contributed by atoms with Gasteiger partial charge in [-0.3, -0.25) is 4.79 Å². The maximum atomic E-state index is 11.8. The first-order chi connectivity index (χ1) is 6.59. The molecule has 2 aliphatic carbocycles. The minimum Gasteiger partial charge on any atom is -0.352 e. The lowest BCUT2D eigenvalue weighted by Crippen LogP contribution is -2.34. The fraction of sp³-hybridized carbons (Fsp3) is 0.909. The fourth-order valence-corrected chi connectivity index (χ4v) is 2.81. The molecule has 86 valence electrons. The van der Waals surface area contributed by atoms with E-state index in [-0.39, 0.29) is 23.7 Å². The van der Waals surface area contributed by atoms with E-state index in [1.807, 2.05) is 0 Å². The number of carbonyl (C=O) groups excluding carboxylic acids is 1. The molecule has 0 bridgehead atoms. The van der Waals surface area contributed by atoms with Gasteiger partial charge in [0, 0.05) is 25.0 Å². The van der Waals surface area contributed by atoms with E-state index in [0.29, 0.717) is 11.9 Å². The average Bonchev–Trinajstić information content (AvgIpc) is 2.87. The van der Waals surface area contributed by atoms with Crippen molar-refractivity contribution >= 4 is 18.3 Å². The standard InChI is InChI=1S/C11H18N2O.ClH/c1-11(2)3-8(11)10(14)13-9-6-4-12-5-7(6)9;/h6-9,12H,3-5H2,1-2H3,(H,13,14);1H/t6-,7+,8?,9?;. The van der Waals surface area contributed by atoms with Gasteiger partial charge in [-0.2, -0.15) is 0 Å². The highest BCUT2D eigenvalue weighted by Gasteiger charge is 2.57. The summed E-state index contributed by atoms with van der Waals surface area (Å²) in [6.07, 6.45) is 1.07. The maximum absolute atomic E-state index is 11.8. The van der Waals surface area contributed by atoms with Crippen LogP contribution in [-0.4, -0.2) is 25.0 Å². The van der Waals surface area contributed by atoms with E-state index in [2.05, 4.69) is 24.5 Å². The molecule has 15 heavy (non-hydrogen) atoms. The Kier molecular flexibility index (Phi) is 2.51. The van der Waals surface area contributed by atoms with E-state index in [9.17, 15) is 4.79 Å². The molecule has 1 aliphatic heterocycles. The predicted octanol–water partition coefficient (Wildman–Crippen LogP) is 0.788. The second kappa shape index (κ2) is 3.36. The zero-order chi connectivity index (χ0) is 9.92. The van der Waals surface area contributed by atoms with Crippen LogP contribution in [0.2, 0.25) is 0 Å². The van der Waals surface area contributed by atoms with Crippen LogP contribution in [-0.2, 0) is 4.79 Å². The quantitative estimate of drug-likeness (QED) is 0.737. The molecule has 1 saturated heterocycles. The van der Waals surface area contributed by atoms with Crippen molar-refractivity contribution in [2.75, 3.05) is 13.1 Å². The lowest BCUT2D eigenvalue weighted by molar-refractivity contribution is -0.123. The van der Waals surface area contributed by atoms with Crippen LogP contribution in [0.1, 0.15) is 20.3 Å². The summed E-state index contributed by atoms with van der Waals surface area (Å²) in [5.41, 5.74) is 0.270. The van der Waals surface area contributed by atoms with Crippen LogP contribution in [0.4, 0.5) is 0 Å². The number of amides is 1. The zero-order valence-corrected chi connectivity index (χ0v) is 10.1. The Bertz CT molecular complexity index is 282. The van der Waals surface area contributed by atoms with E-state index >= 15 is 0 Å². The van der Waals surface area contributed by atoms with Crippen LogP contribution in [0, 0.1) is 23.2 Å². The zero-order valence-electron chi connectivity index (χ0n) is 9.25. The van der Waals surface area contributed by atoms with Crippen molar-refractivity contribution in [2.24, 2.45) is 23.2 Å². The summed E-state index contributed by atoms with van der Waals surface area (Å²) >= 11 is 0. The minimum atomic E-state index is 0. The maximum Gasteiger partial charge on any atom is 0.223 e. The highest BCUT2D eigenvalue weighted by atomic mass is 35.5. The molecule has 2 saturated carbocycles. The van der Waals surface area contributed by atoms with Crippen LogP contribution in [0.5, 0.6) is 0 Å². The van der Waals surface area contributed by atoms with Gasteiger partial charge in [-0.25, -0.2) is 0 Å². The van der Waals surface area contributed by atoms with Crippen molar-refractivity contribution in [3.05, 3.63) is 0 Å². The van der Waals surface area contributed by atoms with Gasteiger partial charge in [-0.15, -0.1) is 12.4 Å². The molecule has 0 spiro atoms. The Balaban J connectivity index is 0.000000853. The SMILES string of the molecule is CC1(C)CC1C(=O)NC1[C@H]2CNC[C@@H]12.Cl. The number of hydrogen-bond acceptors (Lipinski definition) is 2. The van der Waals surface area contributed by atoms with Crippen molar-refractivity contribution in [3.63, 3.8) is 0 Å². The van der Waals surface area contributed by atoms with Crippen molar-refractivity contribution in [3.8, 4) is 0 Å². The first-order valence-corrected chi connectivity index (χ1v) is 5.61. The number of piperidine rings is 1. The van der Waals surface area contributed by atoms with Crippen LogP contribution >= 0.6 is 12.4 Å². The normalized spacial score (nSPS) is 43.9. The molecular weight excluding hydrogens is 212 g/mol. The third-order valence-electron chi connectivity index (χ3n) is 4.23. The number of hydrogen-bond donors (Lipinski definition) is 2. The number of halogens is 1. The summed E-state index contributed by atoms with van der Waals surface area (Å²) < 4.78 is 0. The molecule has 3 nitrogen and oxygen atoms in total. The van der Waals surface area contributed by atoms with Gasteiger partial charge < -0.3 is 10.6 Å². The molecule has 0 aromatic rings. The molecule has 2 unspecified atom stereocenters. The van der Waals surface area contributed by atoms with Gasteiger partial charge in [0.25, 0.3) is 0 Å². The van der Waals surface area contributed by atoms with E-state index in [1.165, 1.54) is 0 Å². The third kappa shape index (κ3) is 1.76. The topological polar surface area (TPSA) is 41.1 Å². The molecular formula is C11H19ClN2O. The van der Waals surface area contributed by atoms with Crippen molar-refractivity contribution < 1.29 is 4.79 Å². The van der Waals surface area contributed by atoms with E-state index < -0.39 is 0 Å². The summed E-state index contributed by atoms with van der Waals surface area (Å²) in [6, 6.07) is 0.500. The Hall–Kier alpha value is -0.280. The van der Waals surface area contributed by atoms with E-state index in [4.69, 9.17) is 0 Å². The summed E-state index contributed by atoms with van der Waals surface area (Å²) in [7, 11) is 0. The fourth-order valence-electron chi connectivity index (χ4n) is 2.81. The monoisotopic (exact) mass is 230 g/mol.